The van der Waals surface area contributed by atoms with E-state index in [0.717, 1.165) is 44.2 Å². The van der Waals surface area contributed by atoms with Crippen LogP contribution in [0, 0.1) is 23.7 Å². The zero-order valence-electron chi connectivity index (χ0n) is 29.1. The van der Waals surface area contributed by atoms with Gasteiger partial charge in [0.2, 0.25) is 0 Å². The lowest BCUT2D eigenvalue weighted by atomic mass is 9.48. The van der Waals surface area contributed by atoms with Gasteiger partial charge in [0.1, 0.15) is 23.2 Å². The number of aliphatic imine (C=N–C) groups is 1. The third-order valence-corrected chi connectivity index (χ3v) is 11.3. The predicted molar refractivity (Wildman–Crippen MR) is 188 cm³/mol. The molecular weight excluding hydrogens is 636 g/mol. The number of aromatic nitrogens is 2. The molecule has 1 aromatic heterocycles. The Labute approximate surface area is 292 Å². The number of carboxylic acid groups (broad SMARTS) is 1. The van der Waals surface area contributed by atoms with Gasteiger partial charge in [-0.3, -0.25) is 19.9 Å². The molecule has 0 spiro atoms. The number of carbonyl (C=O) groups is 3. The fourth-order valence-electron chi connectivity index (χ4n) is 9.12. The molecule has 5 aliphatic rings. The van der Waals surface area contributed by atoms with Crippen molar-refractivity contribution in [3.63, 3.8) is 0 Å². The second-order valence-corrected chi connectivity index (χ2v) is 14.5. The van der Waals surface area contributed by atoms with Crippen molar-refractivity contribution in [2.45, 2.75) is 70.0 Å². The molecule has 2 amide bonds. The Morgan fingerprint density at radius 1 is 0.980 bits per heavy atom. The summed E-state index contributed by atoms with van der Waals surface area (Å²) >= 11 is 0. The summed E-state index contributed by atoms with van der Waals surface area (Å²) in [7, 11) is 3.13. The number of aliphatic carboxylic acids is 1. The summed E-state index contributed by atoms with van der Waals surface area (Å²) in [5.41, 5.74) is 1.90. The van der Waals surface area contributed by atoms with Crippen LogP contribution in [0.2, 0.25) is 0 Å². The van der Waals surface area contributed by atoms with Gasteiger partial charge in [-0.1, -0.05) is 19.9 Å². The van der Waals surface area contributed by atoms with Crippen molar-refractivity contribution in [2.24, 2.45) is 28.7 Å². The SMILES string of the molecule is COc1cccc(OC)c1-c1cc(C(=O)NC2(C(=O)O)C3CC4CC(C3)CC2C4)nn1-c1ccc(C(=O)NCCC2N=CCN2)cc1C(C)C. The van der Waals surface area contributed by atoms with Crippen LogP contribution in [0.4, 0.5) is 0 Å². The van der Waals surface area contributed by atoms with E-state index in [4.69, 9.17) is 14.6 Å². The highest BCUT2D eigenvalue weighted by molar-refractivity contribution is 5.98. The molecule has 0 radical (unpaired) electrons. The molecule has 4 fully saturated rings. The summed E-state index contributed by atoms with van der Waals surface area (Å²) in [4.78, 5) is 44.9. The Morgan fingerprint density at radius 3 is 2.24 bits per heavy atom. The molecule has 1 atom stereocenters. The van der Waals surface area contributed by atoms with Crippen LogP contribution in [0.3, 0.4) is 0 Å². The Kier molecular flexibility index (Phi) is 9.15. The van der Waals surface area contributed by atoms with Gasteiger partial charge >= 0.3 is 5.97 Å². The number of hydrogen-bond acceptors (Lipinski definition) is 8. The van der Waals surface area contributed by atoms with E-state index in [-0.39, 0.29) is 35.5 Å². The van der Waals surface area contributed by atoms with Crippen LogP contribution in [0.25, 0.3) is 16.9 Å². The molecule has 3 aromatic rings. The highest BCUT2D eigenvalue weighted by Crippen LogP contribution is 2.58. The number of amides is 2. The molecule has 0 saturated heterocycles. The monoisotopic (exact) mass is 682 g/mol. The van der Waals surface area contributed by atoms with Crippen molar-refractivity contribution in [3.05, 3.63) is 59.3 Å². The first kappa shape index (κ1) is 33.8. The van der Waals surface area contributed by atoms with Crippen molar-refractivity contribution in [3.8, 4) is 28.4 Å². The van der Waals surface area contributed by atoms with Gasteiger partial charge in [0.05, 0.1) is 31.2 Å². The lowest BCUT2D eigenvalue weighted by molar-refractivity contribution is -0.163. The van der Waals surface area contributed by atoms with Crippen LogP contribution in [0.5, 0.6) is 11.5 Å². The largest absolute Gasteiger partial charge is 0.496 e. The lowest BCUT2D eigenvalue weighted by Crippen LogP contribution is -2.70. The molecule has 4 N–H and O–H groups in total. The Hall–Kier alpha value is -4.71. The van der Waals surface area contributed by atoms with Crippen LogP contribution >= 0.6 is 0 Å². The lowest BCUT2D eigenvalue weighted by Gasteiger charge is -2.59. The number of hydrogen-bond donors (Lipinski definition) is 4. The van der Waals surface area contributed by atoms with Crippen molar-refractivity contribution >= 4 is 24.0 Å². The number of ether oxygens (including phenoxy) is 2. The molecule has 4 bridgehead atoms. The van der Waals surface area contributed by atoms with Crippen LogP contribution < -0.4 is 25.4 Å². The first-order valence-electron chi connectivity index (χ1n) is 17.7. The third kappa shape index (κ3) is 5.93. The number of nitrogens with one attached hydrogen (secondary N) is 3. The average Bonchev–Trinajstić information content (AvgIpc) is 3.79. The maximum Gasteiger partial charge on any atom is 0.330 e. The summed E-state index contributed by atoms with van der Waals surface area (Å²) in [6, 6.07) is 12.6. The van der Waals surface area contributed by atoms with Crippen LogP contribution in [-0.2, 0) is 4.79 Å². The Bertz CT molecular complexity index is 1780. The van der Waals surface area contributed by atoms with Gasteiger partial charge in [-0.05, 0) is 104 Å². The van der Waals surface area contributed by atoms with Crippen molar-refractivity contribution in [1.82, 2.24) is 25.7 Å². The minimum atomic E-state index is -1.32. The summed E-state index contributed by atoms with van der Waals surface area (Å²) in [6.07, 6.45) is 6.98. The number of methoxy groups -OCH3 is 2. The molecule has 4 aliphatic carbocycles. The first-order valence-corrected chi connectivity index (χ1v) is 17.7. The second-order valence-electron chi connectivity index (χ2n) is 14.5. The molecule has 12 heteroatoms. The highest BCUT2D eigenvalue weighted by Gasteiger charge is 2.62. The van der Waals surface area contributed by atoms with Crippen molar-refractivity contribution < 1.29 is 29.0 Å². The quantitative estimate of drug-likeness (QED) is 0.212. The minimum absolute atomic E-state index is 0.00853. The number of nitrogens with zero attached hydrogens (tertiary/aromatic N) is 3. The minimum Gasteiger partial charge on any atom is -0.496 e. The van der Waals surface area contributed by atoms with E-state index in [1.807, 2.05) is 50.4 Å². The predicted octanol–water partition coefficient (Wildman–Crippen LogP) is 4.81. The third-order valence-electron chi connectivity index (χ3n) is 11.3. The van der Waals surface area contributed by atoms with Gasteiger partial charge in [-0.15, -0.1) is 0 Å². The van der Waals surface area contributed by atoms with Gasteiger partial charge < -0.3 is 25.2 Å². The number of benzene rings is 2. The van der Waals surface area contributed by atoms with E-state index in [2.05, 4.69) is 20.9 Å². The van der Waals surface area contributed by atoms with E-state index in [9.17, 15) is 19.5 Å². The number of rotatable bonds is 12. The fraction of sp³-hybridized carbons (Fsp3) is 0.500. The average molecular weight is 683 g/mol. The molecular formula is C38H46N6O6. The zero-order chi connectivity index (χ0) is 35.2. The first-order chi connectivity index (χ1) is 24.1. The van der Waals surface area contributed by atoms with E-state index in [1.54, 1.807) is 31.0 Å². The maximum atomic E-state index is 14.3. The van der Waals surface area contributed by atoms with Crippen LogP contribution in [-0.4, -0.2) is 77.9 Å². The summed E-state index contributed by atoms with van der Waals surface area (Å²) in [6.45, 7) is 5.28. The Balaban J connectivity index is 1.27. The number of carboxylic acids is 1. The molecule has 8 rings (SSSR count). The normalized spacial score (nSPS) is 26.3. The second kappa shape index (κ2) is 13.5. The van der Waals surface area contributed by atoms with E-state index < -0.39 is 17.4 Å². The van der Waals surface area contributed by atoms with Crippen molar-refractivity contribution in [2.75, 3.05) is 27.3 Å². The molecule has 12 nitrogen and oxygen atoms in total. The van der Waals surface area contributed by atoms with Crippen LogP contribution in [0.1, 0.15) is 84.7 Å². The molecule has 2 heterocycles. The molecule has 1 aliphatic heterocycles. The molecule has 50 heavy (non-hydrogen) atoms. The van der Waals surface area contributed by atoms with Gasteiger partial charge in [-0.25, -0.2) is 9.48 Å². The molecule has 264 valence electrons. The van der Waals surface area contributed by atoms with Gasteiger partial charge in [0, 0.05) is 31.3 Å². The molecule has 1 unspecified atom stereocenters. The summed E-state index contributed by atoms with van der Waals surface area (Å²) < 4.78 is 13.2. The maximum absolute atomic E-state index is 14.3. The van der Waals surface area contributed by atoms with Gasteiger partial charge in [-0.2, -0.15) is 5.10 Å². The van der Waals surface area contributed by atoms with Gasteiger partial charge in [0.25, 0.3) is 11.8 Å². The summed E-state index contributed by atoms with van der Waals surface area (Å²) in [5, 5.41) is 24.9. The Morgan fingerprint density at radius 2 is 1.66 bits per heavy atom. The van der Waals surface area contributed by atoms with Crippen LogP contribution in [0.15, 0.2) is 47.5 Å². The zero-order valence-corrected chi connectivity index (χ0v) is 29.1. The highest BCUT2D eigenvalue weighted by atomic mass is 16.5. The van der Waals surface area contributed by atoms with E-state index in [0.29, 0.717) is 58.8 Å². The van der Waals surface area contributed by atoms with Gasteiger partial charge in [0.15, 0.2) is 5.69 Å². The van der Waals surface area contributed by atoms with Crippen molar-refractivity contribution in [1.29, 1.82) is 0 Å². The fourth-order valence-corrected chi connectivity index (χ4v) is 9.12. The molecule has 2 aromatic carbocycles. The van der Waals surface area contributed by atoms with E-state index in [1.165, 1.54) is 0 Å². The van der Waals surface area contributed by atoms with E-state index >= 15 is 0 Å². The summed E-state index contributed by atoms with van der Waals surface area (Å²) in [5.74, 6) is 0.175. The topological polar surface area (TPSA) is 156 Å². The standard InChI is InChI=1S/C38H46N6O6/c1-21(2)27-19-24(35(45)41-11-10-33-39-12-13-40-33)8-9-29(27)44-30(34-31(49-3)6-5-7-32(34)50-4)20-28(43-44)36(46)42-38(37(47)48)25-15-22-14-23(17-25)18-26(38)16-22/h5-9,12,19-23,25-26,33,40H,10-11,13-18H2,1-4H3,(H,41,45)(H,42,46)(H,47,48). The molecule has 4 saturated carbocycles. The number of carbonyl (C=O) groups excluding carboxylic acids is 2. The smallest absolute Gasteiger partial charge is 0.330 e.